The van der Waals surface area contributed by atoms with Crippen molar-refractivity contribution in [1.29, 1.82) is 0 Å². The highest BCUT2D eigenvalue weighted by molar-refractivity contribution is 8.76. The molecule has 9 nitrogen and oxygen atoms in total. The maximum atomic E-state index is 13.7. The number of unbranched alkanes of at least 4 members (excludes halogenated alkanes) is 2. The van der Waals surface area contributed by atoms with Gasteiger partial charge < -0.3 is 20.9 Å². The largest absolute Gasteiger partial charge is 0.343 e. The van der Waals surface area contributed by atoms with Crippen molar-refractivity contribution in [2.45, 2.75) is 93.9 Å². The third-order valence-electron chi connectivity index (χ3n) is 7.65. The van der Waals surface area contributed by atoms with Crippen LogP contribution < -0.4 is 16.0 Å². The number of aromatic nitrogens is 1. The van der Waals surface area contributed by atoms with Crippen molar-refractivity contribution in [3.05, 3.63) is 60.3 Å². The van der Waals surface area contributed by atoms with Crippen molar-refractivity contribution >= 4 is 45.2 Å². The lowest BCUT2D eigenvalue weighted by atomic mass is 9.98. The Kier molecular flexibility index (Phi) is 11.7. The Morgan fingerprint density at radius 1 is 0.905 bits per heavy atom. The summed E-state index contributed by atoms with van der Waals surface area (Å²) in [5, 5.41) is 9.65. The molecule has 2 aliphatic heterocycles. The van der Waals surface area contributed by atoms with Crippen LogP contribution in [-0.2, 0) is 25.6 Å². The molecule has 3 heterocycles. The van der Waals surface area contributed by atoms with Crippen LogP contribution in [0.5, 0.6) is 0 Å². The number of fused-ring (bicyclic) bond motifs is 1. The quantitative estimate of drug-likeness (QED) is 0.261. The van der Waals surface area contributed by atoms with E-state index in [9.17, 15) is 19.2 Å². The Morgan fingerprint density at radius 2 is 1.69 bits per heavy atom. The predicted molar refractivity (Wildman–Crippen MR) is 167 cm³/mol. The predicted octanol–water partition coefficient (Wildman–Crippen LogP) is 3.88. The zero-order valence-corrected chi connectivity index (χ0v) is 26.0. The first kappa shape index (κ1) is 31.9. The summed E-state index contributed by atoms with van der Waals surface area (Å²) in [5.41, 5.74) is -0.212. The fourth-order valence-corrected chi connectivity index (χ4v) is 7.25. The SMILES string of the molecule is CC1(C)NC(=O)[C@H](CCCCCSSc2ccccn2)NC(=O)[C@H]2CCCN2C(=O)[C@H](CCc2ccccc2)NC1=O. The van der Waals surface area contributed by atoms with Crippen LogP contribution in [0.15, 0.2) is 59.8 Å². The minimum atomic E-state index is -1.27. The average molecular weight is 612 g/mol. The van der Waals surface area contributed by atoms with Crippen LogP contribution in [-0.4, -0.2) is 69.5 Å². The lowest BCUT2D eigenvalue weighted by Gasteiger charge is -2.34. The molecule has 11 heteroatoms. The van der Waals surface area contributed by atoms with E-state index < -0.39 is 29.6 Å². The Morgan fingerprint density at radius 3 is 2.45 bits per heavy atom. The van der Waals surface area contributed by atoms with Gasteiger partial charge in [-0.15, -0.1) is 0 Å². The molecule has 4 rings (SSSR count). The van der Waals surface area contributed by atoms with Crippen LogP contribution in [0, 0.1) is 0 Å². The van der Waals surface area contributed by atoms with Gasteiger partial charge in [0, 0.05) is 18.5 Å². The second-order valence-electron chi connectivity index (χ2n) is 11.3. The van der Waals surface area contributed by atoms with E-state index in [1.54, 1.807) is 46.5 Å². The molecule has 3 N–H and O–H groups in total. The summed E-state index contributed by atoms with van der Waals surface area (Å²) < 4.78 is 0. The number of hydrogen-bond donors (Lipinski definition) is 3. The number of amides is 4. The van der Waals surface area contributed by atoms with Crippen molar-refractivity contribution in [3.63, 3.8) is 0 Å². The van der Waals surface area contributed by atoms with Gasteiger partial charge >= 0.3 is 0 Å². The summed E-state index contributed by atoms with van der Waals surface area (Å²) in [4.78, 5) is 59.9. The molecular formula is C31H41N5O4S2. The zero-order valence-electron chi connectivity index (χ0n) is 24.3. The zero-order chi connectivity index (χ0) is 30.0. The van der Waals surface area contributed by atoms with Crippen LogP contribution >= 0.6 is 21.6 Å². The van der Waals surface area contributed by atoms with Crippen molar-refractivity contribution in [2.24, 2.45) is 0 Å². The summed E-state index contributed by atoms with van der Waals surface area (Å²) in [6.07, 6.45) is 7.06. The van der Waals surface area contributed by atoms with E-state index in [0.29, 0.717) is 38.6 Å². The molecule has 0 spiro atoms. The lowest BCUT2D eigenvalue weighted by molar-refractivity contribution is -0.144. The first-order valence-corrected chi connectivity index (χ1v) is 17.0. The Hall–Kier alpha value is -3.05. The first-order valence-electron chi connectivity index (χ1n) is 14.7. The van der Waals surface area contributed by atoms with Crippen molar-refractivity contribution in [1.82, 2.24) is 25.8 Å². The van der Waals surface area contributed by atoms with Gasteiger partial charge in [-0.3, -0.25) is 19.2 Å². The highest BCUT2D eigenvalue weighted by atomic mass is 33.1. The van der Waals surface area contributed by atoms with Crippen molar-refractivity contribution in [2.75, 3.05) is 12.3 Å². The third-order valence-corrected chi connectivity index (χ3v) is 10.00. The van der Waals surface area contributed by atoms with Gasteiger partial charge in [0.2, 0.25) is 23.6 Å². The second kappa shape index (κ2) is 15.4. The number of benzene rings is 1. The number of hydrogen-bond acceptors (Lipinski definition) is 7. The van der Waals surface area contributed by atoms with Gasteiger partial charge in [-0.05, 0) is 80.9 Å². The molecule has 0 aliphatic carbocycles. The maximum absolute atomic E-state index is 13.7. The van der Waals surface area contributed by atoms with Gasteiger partial charge in [-0.2, -0.15) is 0 Å². The fourth-order valence-electron chi connectivity index (χ4n) is 5.23. The standard InChI is InChI=1S/C31H41N5O4S2/c1-31(2)30(40)34-24(18-17-22-12-5-3-6-13-22)29(39)36-20-11-15-25(36)28(38)33-23(27(37)35-31)14-7-4-10-21-41-42-26-16-8-9-19-32-26/h3,5-6,8-9,12-13,16,19,23-25H,4,7,10-11,14-15,17-18,20-21H2,1-2H3,(H,33,38)(H,34,40)(H,35,37)/t23-,24-,25+/m0/s1. The van der Waals surface area contributed by atoms with E-state index in [2.05, 4.69) is 20.9 Å². The highest BCUT2D eigenvalue weighted by Crippen LogP contribution is 2.30. The highest BCUT2D eigenvalue weighted by Gasteiger charge is 2.42. The first-order chi connectivity index (χ1) is 20.2. The van der Waals surface area contributed by atoms with Crippen LogP contribution in [0.1, 0.15) is 64.4 Å². The monoisotopic (exact) mass is 611 g/mol. The Balaban J connectivity index is 1.38. The summed E-state index contributed by atoms with van der Waals surface area (Å²) in [6, 6.07) is 13.4. The number of pyridine rings is 1. The van der Waals surface area contributed by atoms with Gasteiger partial charge in [0.05, 0.1) is 0 Å². The van der Waals surface area contributed by atoms with E-state index >= 15 is 0 Å². The molecule has 2 aliphatic rings. The Bertz CT molecular complexity index is 1210. The topological polar surface area (TPSA) is 120 Å². The average Bonchev–Trinajstić information content (AvgIpc) is 3.48. The maximum Gasteiger partial charge on any atom is 0.245 e. The summed E-state index contributed by atoms with van der Waals surface area (Å²) in [7, 11) is 3.39. The van der Waals surface area contributed by atoms with E-state index in [4.69, 9.17) is 0 Å². The molecule has 2 saturated heterocycles. The molecule has 0 bridgehead atoms. The minimum absolute atomic E-state index is 0.253. The molecule has 0 radical (unpaired) electrons. The second-order valence-corrected chi connectivity index (χ2v) is 13.8. The smallest absolute Gasteiger partial charge is 0.245 e. The van der Waals surface area contributed by atoms with Crippen LogP contribution in [0.4, 0.5) is 0 Å². The number of carbonyl (C=O) groups is 4. The minimum Gasteiger partial charge on any atom is -0.343 e. The number of rotatable bonds is 11. The summed E-state index contributed by atoms with van der Waals surface area (Å²) in [5.74, 6) is -0.429. The van der Waals surface area contributed by atoms with Crippen LogP contribution in [0.2, 0.25) is 0 Å². The fraction of sp³-hybridized carbons (Fsp3) is 0.516. The lowest BCUT2D eigenvalue weighted by Crippen LogP contribution is -2.64. The molecule has 226 valence electrons. The number of carbonyl (C=O) groups excluding carboxylic acids is 4. The van der Waals surface area contributed by atoms with Gasteiger partial charge in [-0.1, -0.05) is 60.0 Å². The normalized spacial score (nSPS) is 22.8. The molecule has 1 aromatic heterocycles. The van der Waals surface area contributed by atoms with E-state index in [0.717, 1.165) is 35.6 Å². The Labute approximate surface area is 256 Å². The van der Waals surface area contributed by atoms with E-state index in [-0.39, 0.29) is 17.7 Å². The molecule has 42 heavy (non-hydrogen) atoms. The van der Waals surface area contributed by atoms with Gasteiger partial charge in [0.15, 0.2) is 0 Å². The molecule has 2 fully saturated rings. The molecule has 3 atom stereocenters. The van der Waals surface area contributed by atoms with Crippen molar-refractivity contribution < 1.29 is 19.2 Å². The molecule has 4 amide bonds. The number of aryl methyl sites for hydroxylation is 1. The summed E-state index contributed by atoms with van der Waals surface area (Å²) in [6.45, 7) is 3.70. The van der Waals surface area contributed by atoms with Crippen LogP contribution in [0.3, 0.4) is 0 Å². The summed E-state index contributed by atoms with van der Waals surface area (Å²) >= 11 is 0. The van der Waals surface area contributed by atoms with Gasteiger partial charge in [0.25, 0.3) is 0 Å². The van der Waals surface area contributed by atoms with E-state index in [1.165, 1.54) is 0 Å². The van der Waals surface area contributed by atoms with Crippen molar-refractivity contribution in [3.8, 4) is 0 Å². The van der Waals surface area contributed by atoms with E-state index in [1.807, 2.05) is 48.5 Å². The van der Waals surface area contributed by atoms with Gasteiger partial charge in [0.1, 0.15) is 28.7 Å². The molecular weight excluding hydrogens is 571 g/mol. The molecule has 0 saturated carbocycles. The molecule has 0 unspecified atom stereocenters. The van der Waals surface area contributed by atoms with Gasteiger partial charge in [-0.25, -0.2) is 4.98 Å². The van der Waals surface area contributed by atoms with Crippen LogP contribution in [0.25, 0.3) is 0 Å². The third kappa shape index (κ3) is 8.97. The molecule has 1 aromatic carbocycles. The number of nitrogens with one attached hydrogen (secondary N) is 3. The number of nitrogens with zero attached hydrogens (tertiary/aromatic N) is 2. The molecule has 2 aromatic rings.